The zero-order valence-electron chi connectivity index (χ0n) is 18.2. The molecule has 32 heavy (non-hydrogen) atoms. The molecule has 1 N–H and O–H groups in total. The molecule has 4 aliphatic heterocycles. The van der Waals surface area contributed by atoms with E-state index in [-0.39, 0.29) is 64.3 Å². The number of thioether (sulfide) groups is 1. The van der Waals surface area contributed by atoms with Crippen molar-refractivity contribution in [3.63, 3.8) is 0 Å². The number of hydrogen-bond donors (Lipinski definition) is 1. The molecule has 5 rings (SSSR count). The summed E-state index contributed by atoms with van der Waals surface area (Å²) in [5.41, 5.74) is 0.227. The number of aliphatic carboxylic acids is 1. The van der Waals surface area contributed by atoms with E-state index < -0.39 is 18.0 Å². The molecule has 10 nitrogen and oxygen atoms in total. The normalized spacial score (nSPS) is 27.9. The largest absolute Gasteiger partial charge is 1.00 e. The van der Waals surface area contributed by atoms with E-state index >= 15 is 0 Å². The van der Waals surface area contributed by atoms with E-state index in [0.29, 0.717) is 29.7 Å². The number of carbonyl (C=O) groups excluding carboxylic acids is 3. The van der Waals surface area contributed by atoms with Gasteiger partial charge in [-0.2, -0.15) is 4.98 Å². The van der Waals surface area contributed by atoms with Gasteiger partial charge in [-0.25, -0.2) is 0 Å². The first kappa shape index (κ1) is 23.6. The predicted octanol–water partition coefficient (Wildman–Crippen LogP) is -3.73. The van der Waals surface area contributed by atoms with Crippen LogP contribution in [0.25, 0.3) is 0 Å². The van der Waals surface area contributed by atoms with Crippen LogP contribution in [0.15, 0.2) is 21.3 Å². The molecule has 1 aromatic rings. The molecule has 4 atom stereocenters. The number of aliphatic hydroxyl groups is 1. The minimum atomic E-state index is -1.37. The van der Waals surface area contributed by atoms with Crippen LogP contribution >= 0.6 is 11.8 Å². The number of amides is 2. The number of carboxylic acids is 1. The summed E-state index contributed by atoms with van der Waals surface area (Å²) in [5, 5.41) is 21.8. The number of likely N-dealkylation sites (tertiary alicyclic amines) is 1. The average Bonchev–Trinajstić information content (AvgIpc) is 3.18. The molecular weight excluding hydrogens is 447 g/mol. The quantitative estimate of drug-likeness (QED) is 0.329. The summed E-state index contributed by atoms with van der Waals surface area (Å²) in [4.78, 5) is 46.2. The van der Waals surface area contributed by atoms with E-state index in [4.69, 9.17) is 4.42 Å². The molecule has 166 valence electrons. The molecule has 12 heteroatoms. The van der Waals surface area contributed by atoms with Crippen LogP contribution in [0.2, 0.25) is 0 Å². The van der Waals surface area contributed by atoms with Crippen molar-refractivity contribution in [2.24, 2.45) is 11.8 Å². The Bertz CT molecular complexity index is 986. The number of rotatable bonds is 6. The fraction of sp³-hybridized carbons (Fsp3) is 0.600. The number of carboxylic acid groups (broad SMARTS) is 1. The SMILES string of the molecule is C[C@@H](O)[C@H]1C(=O)N2C(C(=O)[O-])=C(SC3CN(c4nc(C(=O)N5CCC5)co4)C3)[C@H](C)[C@H]12.[Na+]. The third-order valence-electron chi connectivity index (χ3n) is 6.57. The number of carbonyl (C=O) groups is 3. The van der Waals surface area contributed by atoms with Crippen LogP contribution < -0.4 is 39.6 Å². The minimum Gasteiger partial charge on any atom is -0.543 e. The van der Waals surface area contributed by atoms with Gasteiger partial charge in [-0.15, -0.1) is 11.8 Å². The maximum atomic E-state index is 12.4. The Morgan fingerprint density at radius 2 is 2.03 bits per heavy atom. The second-order valence-electron chi connectivity index (χ2n) is 8.56. The molecular formula is C20H23N4NaO6S. The molecule has 1 aromatic heterocycles. The van der Waals surface area contributed by atoms with Crippen molar-refractivity contribution in [1.82, 2.24) is 14.8 Å². The molecule has 0 spiro atoms. The fourth-order valence-electron chi connectivity index (χ4n) is 4.71. The number of hydrogen-bond acceptors (Lipinski definition) is 9. The topological polar surface area (TPSA) is 130 Å². The van der Waals surface area contributed by atoms with Gasteiger partial charge in [0.25, 0.3) is 11.9 Å². The molecule has 0 bridgehead atoms. The van der Waals surface area contributed by atoms with Crippen LogP contribution in [0.3, 0.4) is 0 Å². The summed E-state index contributed by atoms with van der Waals surface area (Å²) in [7, 11) is 0. The first-order valence-corrected chi connectivity index (χ1v) is 11.3. The zero-order chi connectivity index (χ0) is 22.0. The second-order valence-corrected chi connectivity index (χ2v) is 9.90. The number of anilines is 1. The molecule has 0 unspecified atom stereocenters. The van der Waals surface area contributed by atoms with Crippen molar-refractivity contribution >= 4 is 35.6 Å². The Morgan fingerprint density at radius 3 is 2.59 bits per heavy atom. The van der Waals surface area contributed by atoms with Crippen LogP contribution in [0.4, 0.5) is 6.01 Å². The van der Waals surface area contributed by atoms with Crippen LogP contribution in [-0.4, -0.2) is 81.2 Å². The number of nitrogens with zero attached hydrogens (tertiary/aromatic N) is 4. The first-order valence-electron chi connectivity index (χ1n) is 10.4. The average molecular weight is 470 g/mol. The molecule has 3 saturated heterocycles. The molecule has 5 heterocycles. The van der Waals surface area contributed by atoms with Gasteiger partial charge in [-0.3, -0.25) is 9.59 Å². The van der Waals surface area contributed by atoms with Crippen molar-refractivity contribution in [1.29, 1.82) is 0 Å². The van der Waals surface area contributed by atoms with Gasteiger partial charge < -0.3 is 34.1 Å². The van der Waals surface area contributed by atoms with Crippen molar-refractivity contribution in [2.45, 2.75) is 37.7 Å². The van der Waals surface area contributed by atoms with Crippen LogP contribution in [0, 0.1) is 11.8 Å². The van der Waals surface area contributed by atoms with Crippen LogP contribution in [0.1, 0.15) is 30.8 Å². The smallest absolute Gasteiger partial charge is 0.543 e. The van der Waals surface area contributed by atoms with Gasteiger partial charge in [-0.05, 0) is 13.3 Å². The summed E-state index contributed by atoms with van der Waals surface area (Å²) in [6.07, 6.45) is 1.55. The van der Waals surface area contributed by atoms with E-state index in [0.717, 1.165) is 19.5 Å². The Labute approximate surface area is 211 Å². The summed E-state index contributed by atoms with van der Waals surface area (Å²) >= 11 is 1.43. The zero-order valence-corrected chi connectivity index (χ0v) is 21.0. The third-order valence-corrected chi connectivity index (χ3v) is 8.02. The second kappa shape index (κ2) is 8.68. The fourth-order valence-corrected chi connectivity index (χ4v) is 6.22. The Balaban J connectivity index is 0.00000245. The van der Waals surface area contributed by atoms with Crippen molar-refractivity contribution in [2.75, 3.05) is 31.1 Å². The summed E-state index contributed by atoms with van der Waals surface area (Å²) in [6, 6.07) is 0.0309. The first-order chi connectivity index (χ1) is 14.8. The number of oxazole rings is 1. The molecule has 0 saturated carbocycles. The number of aliphatic hydroxyl groups excluding tert-OH is 1. The third kappa shape index (κ3) is 3.58. The molecule has 0 radical (unpaired) electrons. The van der Waals surface area contributed by atoms with E-state index in [1.165, 1.54) is 22.9 Å². The maximum Gasteiger partial charge on any atom is 1.00 e. The van der Waals surface area contributed by atoms with Crippen molar-refractivity contribution in [3.05, 3.63) is 22.6 Å². The molecule has 4 aliphatic rings. The van der Waals surface area contributed by atoms with Gasteiger partial charge >= 0.3 is 29.6 Å². The summed E-state index contributed by atoms with van der Waals surface area (Å²) in [5.74, 6) is -2.64. The maximum absolute atomic E-state index is 12.4. The van der Waals surface area contributed by atoms with Gasteiger partial charge in [0.15, 0.2) is 5.69 Å². The van der Waals surface area contributed by atoms with Crippen molar-refractivity contribution in [3.8, 4) is 0 Å². The van der Waals surface area contributed by atoms with Crippen LogP contribution in [0.5, 0.6) is 0 Å². The number of β-lactam (4-membered cyclic amide) rings is 1. The summed E-state index contributed by atoms with van der Waals surface area (Å²) in [6.45, 7) is 6.09. The van der Waals surface area contributed by atoms with Gasteiger partial charge in [0, 0.05) is 42.3 Å². The molecule has 2 amide bonds. The monoisotopic (exact) mass is 470 g/mol. The standard InChI is InChI=1S/C20H24N4O6S.Na/c1-9-14-13(10(2)25)18(27)24(14)15(19(28)29)16(9)31-11-6-23(7-11)20-21-12(8-30-20)17(26)22-4-3-5-22;/h8-11,13-14,25H,3-7H2,1-2H3,(H,28,29);/q;+1/p-1/t9-,10-,13-,14-;/m1./s1. The number of aromatic nitrogens is 1. The van der Waals surface area contributed by atoms with Crippen LogP contribution in [-0.2, 0) is 9.59 Å². The van der Waals surface area contributed by atoms with Crippen molar-refractivity contribution < 1.29 is 58.6 Å². The van der Waals surface area contributed by atoms with E-state index in [1.807, 2.05) is 11.8 Å². The summed E-state index contributed by atoms with van der Waals surface area (Å²) < 4.78 is 5.47. The Kier molecular flexibility index (Phi) is 6.40. The molecule has 0 aromatic carbocycles. The van der Waals surface area contributed by atoms with E-state index in [2.05, 4.69) is 4.98 Å². The molecule has 0 aliphatic carbocycles. The Morgan fingerprint density at radius 1 is 1.34 bits per heavy atom. The van der Waals surface area contributed by atoms with Gasteiger partial charge in [0.05, 0.1) is 29.7 Å². The molecule has 3 fully saturated rings. The van der Waals surface area contributed by atoms with E-state index in [9.17, 15) is 24.6 Å². The van der Waals surface area contributed by atoms with E-state index in [1.54, 1.807) is 11.8 Å². The minimum absolute atomic E-state index is 0. The van der Waals surface area contributed by atoms with Gasteiger partial charge in [0.2, 0.25) is 5.91 Å². The predicted molar refractivity (Wildman–Crippen MR) is 108 cm³/mol. The van der Waals surface area contributed by atoms with Gasteiger partial charge in [-0.1, -0.05) is 6.92 Å². The number of fused-ring (bicyclic) bond motifs is 1. The Hall–Kier alpha value is -1.53. The van der Waals surface area contributed by atoms with Gasteiger partial charge in [0.1, 0.15) is 6.26 Å².